The van der Waals surface area contributed by atoms with Crippen molar-refractivity contribution < 1.29 is 33.1 Å². The van der Waals surface area contributed by atoms with Gasteiger partial charge < -0.3 is 23.5 Å². The van der Waals surface area contributed by atoms with Crippen LogP contribution in [-0.4, -0.2) is 45.6 Å². The first kappa shape index (κ1) is 26.5. The fourth-order valence-electron chi connectivity index (χ4n) is 4.06. The molecule has 2 aromatic rings. The Morgan fingerprint density at radius 3 is 1.33 bits per heavy atom. The number of carbonyl (C=O) groups is 2. The lowest BCUT2D eigenvalue weighted by Gasteiger charge is -2.24. The van der Waals surface area contributed by atoms with Crippen LogP contribution in [0.25, 0.3) is 0 Å². The second-order valence-corrected chi connectivity index (χ2v) is 11.0. The second-order valence-electron chi connectivity index (χ2n) is 8.34. The Kier molecular flexibility index (Phi) is 9.12. The molecule has 0 spiro atoms. The molecule has 1 atom stereocenters. The summed E-state index contributed by atoms with van der Waals surface area (Å²) in [7, 11) is 1.41. The fraction of sp³-hybridized carbons (Fsp3) is 0.440. The van der Waals surface area contributed by atoms with Gasteiger partial charge in [-0.3, -0.25) is 9.59 Å². The highest BCUT2D eigenvalue weighted by molar-refractivity contribution is 7.95. The number of hydrogen-bond donors (Lipinski definition) is 0. The largest absolute Gasteiger partial charge is 0.496 e. The quantitative estimate of drug-likeness (QED) is 0.361. The van der Waals surface area contributed by atoms with Crippen LogP contribution in [0.15, 0.2) is 36.4 Å². The summed E-state index contributed by atoms with van der Waals surface area (Å²) < 4.78 is 36.0. The summed E-state index contributed by atoms with van der Waals surface area (Å²) in [5.41, 5.74) is -1.62. The number of rotatable bonds is 12. The lowest BCUT2D eigenvalue weighted by atomic mass is 10.0. The Bertz CT molecular complexity index is 929. The molecule has 0 N–H and O–H groups in total. The average molecular weight is 477 g/mol. The lowest BCUT2D eigenvalue weighted by molar-refractivity contribution is 0.103. The van der Waals surface area contributed by atoms with Crippen LogP contribution >= 0.6 is 7.14 Å². The van der Waals surface area contributed by atoms with Crippen molar-refractivity contribution in [3.05, 3.63) is 47.5 Å². The van der Waals surface area contributed by atoms with Crippen molar-refractivity contribution in [1.29, 1.82) is 0 Å². The van der Waals surface area contributed by atoms with Gasteiger partial charge in [-0.2, -0.15) is 0 Å². The minimum atomic E-state index is -4.22. The molecule has 0 aliphatic heterocycles. The third-order valence-corrected chi connectivity index (χ3v) is 8.28. The Hall–Kier alpha value is -2.79. The van der Waals surface area contributed by atoms with Gasteiger partial charge in [0.05, 0.1) is 28.4 Å². The van der Waals surface area contributed by atoms with Crippen molar-refractivity contribution in [2.45, 2.75) is 27.2 Å². The van der Waals surface area contributed by atoms with Crippen LogP contribution in [0, 0.1) is 11.8 Å². The zero-order valence-corrected chi connectivity index (χ0v) is 21.2. The first-order valence-electron chi connectivity index (χ1n) is 10.7. The number of ether oxygens (including phenoxy) is 4. The van der Waals surface area contributed by atoms with Gasteiger partial charge in [-0.1, -0.05) is 32.9 Å². The molecule has 0 bridgehead atoms. The minimum Gasteiger partial charge on any atom is -0.496 e. The molecule has 0 radical (unpaired) electrons. The van der Waals surface area contributed by atoms with Crippen molar-refractivity contribution in [3.8, 4) is 23.0 Å². The van der Waals surface area contributed by atoms with E-state index in [0.717, 1.165) is 0 Å². The van der Waals surface area contributed by atoms with Gasteiger partial charge in [-0.25, -0.2) is 0 Å². The van der Waals surface area contributed by atoms with Gasteiger partial charge >= 0.3 is 0 Å². The molecule has 0 fully saturated rings. The van der Waals surface area contributed by atoms with Crippen LogP contribution in [0.3, 0.4) is 0 Å². The third-order valence-electron chi connectivity index (χ3n) is 5.38. The Morgan fingerprint density at radius 1 is 0.727 bits per heavy atom. The molecule has 0 heterocycles. The molecule has 0 saturated heterocycles. The molecule has 0 aromatic heterocycles. The van der Waals surface area contributed by atoms with Crippen LogP contribution in [0.4, 0.5) is 0 Å². The maximum absolute atomic E-state index is 14.6. The maximum atomic E-state index is 14.6. The van der Waals surface area contributed by atoms with Gasteiger partial charge in [0.2, 0.25) is 18.2 Å². The first-order valence-corrected chi connectivity index (χ1v) is 12.6. The molecule has 0 aliphatic carbocycles. The third kappa shape index (κ3) is 5.59. The number of hydrogen-bond acceptors (Lipinski definition) is 7. The maximum Gasteiger partial charge on any atom is 0.236 e. The van der Waals surface area contributed by atoms with Gasteiger partial charge in [0.15, 0.2) is 0 Å². The van der Waals surface area contributed by atoms with Crippen molar-refractivity contribution in [2.24, 2.45) is 11.8 Å². The van der Waals surface area contributed by atoms with Crippen LogP contribution in [-0.2, 0) is 4.57 Å². The van der Waals surface area contributed by atoms with Crippen molar-refractivity contribution >= 4 is 18.2 Å². The molecule has 180 valence electrons. The van der Waals surface area contributed by atoms with Gasteiger partial charge in [-0.15, -0.1) is 0 Å². The topological polar surface area (TPSA) is 88.1 Å². The van der Waals surface area contributed by atoms with E-state index in [1.807, 2.05) is 20.8 Å². The van der Waals surface area contributed by atoms with E-state index in [1.165, 1.54) is 28.4 Å². The lowest BCUT2D eigenvalue weighted by Crippen LogP contribution is -2.20. The Morgan fingerprint density at radius 2 is 1.06 bits per heavy atom. The molecule has 33 heavy (non-hydrogen) atoms. The van der Waals surface area contributed by atoms with Crippen molar-refractivity contribution in [1.82, 2.24) is 0 Å². The second kappa shape index (κ2) is 11.4. The monoisotopic (exact) mass is 476 g/mol. The highest BCUT2D eigenvalue weighted by Gasteiger charge is 2.46. The van der Waals surface area contributed by atoms with Gasteiger partial charge in [0.1, 0.15) is 34.1 Å². The molecule has 0 saturated carbocycles. The number of methoxy groups -OCH3 is 4. The van der Waals surface area contributed by atoms with Gasteiger partial charge in [0.25, 0.3) is 0 Å². The molecule has 7 nitrogen and oxygen atoms in total. The molecule has 8 heteroatoms. The minimum absolute atomic E-state index is 0.00945. The number of benzene rings is 2. The van der Waals surface area contributed by atoms with Crippen molar-refractivity contribution in [2.75, 3.05) is 34.6 Å². The Labute approximate surface area is 195 Å². The van der Waals surface area contributed by atoms with E-state index in [0.29, 0.717) is 12.3 Å². The summed E-state index contributed by atoms with van der Waals surface area (Å²) in [5, 5.41) is 0. The van der Waals surface area contributed by atoms with E-state index in [2.05, 4.69) is 0 Å². The SMILES string of the molecule is COc1cccc(OC)c1C(=O)P(=O)(CC(C)CC(C)C)C(=O)c1c(OC)cccc1OC. The highest BCUT2D eigenvalue weighted by atomic mass is 31.2. The smallest absolute Gasteiger partial charge is 0.236 e. The molecule has 0 aliphatic rings. The molecular formula is C25H33O7P. The molecular weight excluding hydrogens is 443 g/mol. The zero-order chi connectivity index (χ0) is 24.8. The average Bonchev–Trinajstić information content (AvgIpc) is 2.80. The van der Waals surface area contributed by atoms with Crippen molar-refractivity contribution in [3.63, 3.8) is 0 Å². The van der Waals surface area contributed by atoms with E-state index in [9.17, 15) is 14.2 Å². The van der Waals surface area contributed by atoms with Crippen LogP contribution in [0.5, 0.6) is 23.0 Å². The van der Waals surface area contributed by atoms with Crippen LogP contribution in [0.1, 0.15) is 47.9 Å². The normalized spacial score (nSPS) is 12.2. The van der Waals surface area contributed by atoms with Gasteiger partial charge in [0, 0.05) is 6.16 Å². The molecule has 2 rings (SSSR count). The summed E-state index contributed by atoms with van der Waals surface area (Å²) in [5.74, 6) is 0.920. The van der Waals surface area contributed by atoms with E-state index in [4.69, 9.17) is 18.9 Å². The molecule has 1 unspecified atom stereocenters. The molecule has 0 amide bonds. The van der Waals surface area contributed by atoms with E-state index < -0.39 is 18.2 Å². The highest BCUT2D eigenvalue weighted by Crippen LogP contribution is 2.57. The summed E-state index contributed by atoms with van der Waals surface area (Å²) >= 11 is 0. The first-order chi connectivity index (χ1) is 15.6. The van der Waals surface area contributed by atoms with E-state index in [-0.39, 0.29) is 46.2 Å². The predicted molar refractivity (Wildman–Crippen MR) is 129 cm³/mol. The summed E-state index contributed by atoms with van der Waals surface area (Å²) in [6.07, 6.45) is 0.613. The standard InChI is InChI=1S/C25H33O7P/c1-16(2)14-17(3)15-33(28,24(26)22-18(29-4)10-8-11-19(22)30-5)25(27)23-20(31-6)12-9-13-21(23)32-7/h8-13,16-17H,14-15H2,1-7H3. The number of carbonyl (C=O) groups excluding carboxylic acids is 2. The summed E-state index contributed by atoms with van der Waals surface area (Å²) in [4.78, 5) is 27.9. The van der Waals surface area contributed by atoms with Crippen LogP contribution in [0.2, 0.25) is 0 Å². The van der Waals surface area contributed by atoms with E-state index >= 15 is 0 Å². The Balaban J connectivity index is 2.76. The zero-order valence-electron chi connectivity index (χ0n) is 20.3. The summed E-state index contributed by atoms with van der Waals surface area (Å²) in [6.45, 7) is 5.97. The van der Waals surface area contributed by atoms with E-state index in [1.54, 1.807) is 36.4 Å². The fourth-order valence-corrected chi connectivity index (χ4v) is 6.77. The predicted octanol–water partition coefficient (Wildman–Crippen LogP) is 5.75. The molecule has 2 aromatic carbocycles. The van der Waals surface area contributed by atoms with Gasteiger partial charge in [-0.05, 0) is 42.5 Å². The summed E-state index contributed by atoms with van der Waals surface area (Å²) in [6, 6.07) is 9.62. The van der Waals surface area contributed by atoms with Crippen LogP contribution < -0.4 is 18.9 Å².